The lowest BCUT2D eigenvalue weighted by Crippen LogP contribution is -2.53. The van der Waals surface area contributed by atoms with Gasteiger partial charge < -0.3 is 9.84 Å². The van der Waals surface area contributed by atoms with Crippen LogP contribution in [0.1, 0.15) is 29.9 Å². The molecule has 51 heavy (non-hydrogen) atoms. The first-order chi connectivity index (χ1) is 24.6. The Balaban J connectivity index is 1.35. The fourth-order valence-electron chi connectivity index (χ4n) is 8.98. The van der Waals surface area contributed by atoms with Crippen LogP contribution in [0.25, 0.3) is 0 Å². The average molecular weight is 704 g/mol. The fraction of sp³-hybridized carbons (Fsp3) is 0.231. The summed E-state index contributed by atoms with van der Waals surface area (Å²) in [6.07, 6.45) is 2.08. The van der Waals surface area contributed by atoms with Gasteiger partial charge in [0.15, 0.2) is 0 Å². The Labute approximate surface area is 296 Å². The molecule has 4 amide bonds. The van der Waals surface area contributed by atoms with E-state index in [1.165, 1.54) is 37.4 Å². The van der Waals surface area contributed by atoms with Crippen molar-refractivity contribution in [2.75, 3.05) is 16.9 Å². The minimum absolute atomic E-state index is 0.0543. The van der Waals surface area contributed by atoms with E-state index in [2.05, 4.69) is 0 Å². The van der Waals surface area contributed by atoms with Crippen molar-refractivity contribution in [3.8, 4) is 11.5 Å². The molecule has 2 aliphatic carbocycles. The van der Waals surface area contributed by atoms with Crippen molar-refractivity contribution in [3.05, 3.63) is 135 Å². The van der Waals surface area contributed by atoms with E-state index in [0.29, 0.717) is 33.2 Å². The number of hydrogen-bond acceptors (Lipinski definition) is 8. The molecule has 2 heterocycles. The molecular formula is C39H30ClN3O8. The number of methoxy groups -OCH3 is 1. The van der Waals surface area contributed by atoms with Crippen LogP contribution in [0.5, 0.6) is 11.5 Å². The maximum Gasteiger partial charge on any atom is 0.271 e. The molecule has 1 N–H and O–H groups in total. The van der Waals surface area contributed by atoms with Gasteiger partial charge in [-0.25, -0.2) is 9.80 Å². The smallest absolute Gasteiger partial charge is 0.271 e. The summed E-state index contributed by atoms with van der Waals surface area (Å²) in [6.45, 7) is 0. The molecule has 11 nitrogen and oxygen atoms in total. The Kier molecular flexibility index (Phi) is 7.57. The van der Waals surface area contributed by atoms with Crippen LogP contribution in [0.15, 0.2) is 109 Å². The van der Waals surface area contributed by atoms with Gasteiger partial charge in [0.05, 0.1) is 46.6 Å². The van der Waals surface area contributed by atoms with Gasteiger partial charge in [0.2, 0.25) is 23.6 Å². The van der Waals surface area contributed by atoms with E-state index in [1.54, 1.807) is 60.7 Å². The lowest BCUT2D eigenvalue weighted by molar-refractivity contribution is -0.384. The van der Waals surface area contributed by atoms with Gasteiger partial charge in [0, 0.05) is 34.7 Å². The van der Waals surface area contributed by atoms with Gasteiger partial charge in [-0.05, 0) is 54.7 Å². The van der Waals surface area contributed by atoms with E-state index in [0.717, 1.165) is 9.80 Å². The number of halogens is 1. The molecule has 1 saturated carbocycles. The number of nitro benzene ring substituents is 1. The van der Waals surface area contributed by atoms with Crippen molar-refractivity contribution in [3.63, 3.8) is 0 Å². The fourth-order valence-corrected chi connectivity index (χ4v) is 9.17. The van der Waals surface area contributed by atoms with E-state index in [-0.39, 0.29) is 30.0 Å². The first-order valence-electron chi connectivity index (χ1n) is 16.5. The highest BCUT2D eigenvalue weighted by atomic mass is 35.5. The van der Waals surface area contributed by atoms with Crippen LogP contribution in [0, 0.1) is 33.8 Å². The Morgan fingerprint density at radius 2 is 1.57 bits per heavy atom. The van der Waals surface area contributed by atoms with E-state index in [9.17, 15) is 29.6 Å². The molecule has 0 aromatic heterocycles. The van der Waals surface area contributed by atoms with E-state index in [4.69, 9.17) is 16.3 Å². The van der Waals surface area contributed by atoms with Gasteiger partial charge in [-0.1, -0.05) is 71.8 Å². The van der Waals surface area contributed by atoms with Gasteiger partial charge in [0.25, 0.3) is 5.69 Å². The number of nitrogens with zero attached hydrogens (tertiary/aromatic N) is 3. The lowest BCUT2D eigenvalue weighted by Gasteiger charge is -2.50. The van der Waals surface area contributed by atoms with Crippen molar-refractivity contribution in [1.82, 2.24) is 0 Å². The Hall–Kier alpha value is -5.81. The number of anilines is 2. The molecule has 2 aliphatic heterocycles. The number of imide groups is 2. The van der Waals surface area contributed by atoms with Crippen molar-refractivity contribution in [1.29, 1.82) is 0 Å². The normalized spacial score (nSPS) is 26.8. The second kappa shape index (κ2) is 11.9. The second-order valence-electron chi connectivity index (χ2n) is 13.3. The third-order valence-electron chi connectivity index (χ3n) is 11.0. The first-order valence-corrected chi connectivity index (χ1v) is 16.8. The summed E-state index contributed by atoms with van der Waals surface area (Å²) in [7, 11) is 1.47. The monoisotopic (exact) mass is 703 g/mol. The average Bonchev–Trinajstić information content (AvgIpc) is 3.52. The Morgan fingerprint density at radius 1 is 0.843 bits per heavy atom. The number of phenols is 1. The minimum atomic E-state index is -1.56. The number of phenolic OH excluding ortho intramolecular Hbond substituents is 1. The molecule has 256 valence electrons. The van der Waals surface area contributed by atoms with Gasteiger partial charge in [-0.3, -0.25) is 29.3 Å². The number of carbonyl (C=O) groups is 4. The van der Waals surface area contributed by atoms with Crippen LogP contribution < -0.4 is 14.5 Å². The highest BCUT2D eigenvalue weighted by Crippen LogP contribution is 2.65. The number of allylic oxidation sites excluding steroid dienone is 2. The number of non-ortho nitro benzene ring substituents is 1. The van der Waals surface area contributed by atoms with E-state index in [1.807, 2.05) is 12.1 Å². The molecule has 0 bridgehead atoms. The molecule has 0 radical (unpaired) electrons. The van der Waals surface area contributed by atoms with Crippen molar-refractivity contribution >= 4 is 52.3 Å². The molecule has 12 heteroatoms. The van der Waals surface area contributed by atoms with Crippen LogP contribution >= 0.6 is 11.6 Å². The quantitative estimate of drug-likeness (QED) is 0.106. The van der Waals surface area contributed by atoms with Crippen LogP contribution in [-0.2, 0) is 24.6 Å². The molecule has 4 aliphatic rings. The summed E-state index contributed by atoms with van der Waals surface area (Å²) in [5.41, 5.74) is 0.137. The lowest BCUT2D eigenvalue weighted by atomic mass is 9.49. The zero-order valence-corrected chi connectivity index (χ0v) is 27.9. The third-order valence-corrected chi connectivity index (χ3v) is 11.2. The second-order valence-corrected chi connectivity index (χ2v) is 13.7. The third kappa shape index (κ3) is 4.64. The summed E-state index contributed by atoms with van der Waals surface area (Å²) in [6, 6.07) is 25.6. The molecular weight excluding hydrogens is 674 g/mol. The number of nitro groups is 1. The van der Waals surface area contributed by atoms with Crippen LogP contribution in [-0.4, -0.2) is 40.8 Å². The van der Waals surface area contributed by atoms with Crippen LogP contribution in [0.2, 0.25) is 5.02 Å². The molecule has 4 aromatic carbocycles. The zero-order chi connectivity index (χ0) is 35.8. The molecule has 8 rings (SSSR count). The van der Waals surface area contributed by atoms with Crippen molar-refractivity contribution < 1.29 is 33.9 Å². The van der Waals surface area contributed by atoms with Gasteiger partial charge in [-0.2, -0.15) is 0 Å². The molecule has 0 spiro atoms. The zero-order valence-electron chi connectivity index (χ0n) is 27.1. The van der Waals surface area contributed by atoms with Crippen LogP contribution in [0.4, 0.5) is 17.1 Å². The molecule has 4 aromatic rings. The van der Waals surface area contributed by atoms with Crippen molar-refractivity contribution in [2.24, 2.45) is 23.7 Å². The number of rotatable bonds is 6. The van der Waals surface area contributed by atoms with Gasteiger partial charge in [-0.15, -0.1) is 0 Å². The maximum absolute atomic E-state index is 15.3. The maximum atomic E-state index is 15.3. The number of aromatic hydroxyl groups is 1. The van der Waals surface area contributed by atoms with Gasteiger partial charge >= 0.3 is 0 Å². The molecule has 2 saturated heterocycles. The Morgan fingerprint density at radius 3 is 2.25 bits per heavy atom. The molecule has 0 unspecified atom stereocenters. The SMILES string of the molecule is COc1ccc([C@H]2C3=CC[C@@H]4C(=O)N(c5cccc([N+](=O)[O-])c5)C(=O)[C@@H]4[C@@H]3C[C@H]3C(=O)N(c4cccc(Cl)c4)C(=O)[C@@]23c2ccccc2)c(O)c1. The summed E-state index contributed by atoms with van der Waals surface area (Å²) >= 11 is 6.36. The highest BCUT2D eigenvalue weighted by Gasteiger charge is 2.70. The number of carbonyl (C=O) groups excluding carboxylic acids is 4. The van der Waals surface area contributed by atoms with Crippen molar-refractivity contribution in [2.45, 2.75) is 24.2 Å². The summed E-state index contributed by atoms with van der Waals surface area (Å²) in [5, 5.41) is 23.5. The summed E-state index contributed by atoms with van der Waals surface area (Å²) < 4.78 is 5.38. The topological polar surface area (TPSA) is 147 Å². The number of benzene rings is 4. The number of ether oxygens (including phenoxy) is 1. The Bertz CT molecular complexity index is 2210. The summed E-state index contributed by atoms with van der Waals surface area (Å²) in [5.74, 6) is -6.15. The number of amides is 4. The largest absolute Gasteiger partial charge is 0.508 e. The van der Waals surface area contributed by atoms with Crippen LogP contribution in [0.3, 0.4) is 0 Å². The van der Waals surface area contributed by atoms with E-state index < -0.39 is 63.6 Å². The predicted octanol–water partition coefficient (Wildman–Crippen LogP) is 6.33. The predicted molar refractivity (Wildman–Crippen MR) is 186 cm³/mol. The standard InChI is InChI=1S/C39H30ClN3O8/c1-51-26-13-14-28(32(44)19-26)34-27-15-16-29-33(37(47)41(35(29)45)24-11-6-12-25(18-24)43(49)50)30(27)20-31-36(46)42(23-10-5-9-22(40)17-23)38(48)39(31,34)21-7-3-2-4-8-21/h2-15,17-19,29-31,33-34,44H,16,20H2,1H3/t29-,30+,31-,33-,34+,39+/m0/s1. The van der Waals surface area contributed by atoms with E-state index >= 15 is 4.79 Å². The molecule has 6 atom stereocenters. The van der Waals surface area contributed by atoms with Gasteiger partial charge in [0.1, 0.15) is 11.5 Å². The number of fused-ring (bicyclic) bond motifs is 4. The first kappa shape index (κ1) is 32.4. The highest BCUT2D eigenvalue weighted by molar-refractivity contribution is 6.32. The summed E-state index contributed by atoms with van der Waals surface area (Å²) in [4.78, 5) is 71.7. The minimum Gasteiger partial charge on any atom is -0.508 e. The number of hydrogen-bond donors (Lipinski definition) is 1. The molecule has 3 fully saturated rings.